The summed E-state index contributed by atoms with van der Waals surface area (Å²) >= 11 is 0. The average Bonchev–Trinajstić information content (AvgIpc) is 2.68. The Bertz CT molecular complexity index is 606. The zero-order chi connectivity index (χ0) is 19.2. The Morgan fingerprint density at radius 3 is 2.22 bits per heavy atom. The summed E-state index contributed by atoms with van der Waals surface area (Å²) in [6, 6.07) is 5.22. The first kappa shape index (κ1) is 20.5. The molecule has 1 aromatic rings. The van der Waals surface area contributed by atoms with E-state index in [1.54, 1.807) is 18.2 Å². The van der Waals surface area contributed by atoms with Crippen LogP contribution in [0.4, 0.5) is 13.2 Å². The van der Waals surface area contributed by atoms with Crippen LogP contribution in [0.5, 0.6) is 0 Å². The van der Waals surface area contributed by atoms with Crippen molar-refractivity contribution in [1.82, 2.24) is 0 Å². The van der Waals surface area contributed by atoms with E-state index in [2.05, 4.69) is 6.92 Å². The second-order valence-corrected chi connectivity index (χ2v) is 8.73. The van der Waals surface area contributed by atoms with Crippen LogP contribution in [-0.2, 0) is 0 Å². The molecule has 0 atom stereocenters. The molecule has 0 unspecified atom stereocenters. The molecule has 3 heteroatoms. The van der Waals surface area contributed by atoms with E-state index in [9.17, 15) is 13.2 Å². The first-order chi connectivity index (χ1) is 13.0. The molecule has 0 N–H and O–H groups in total. The topological polar surface area (TPSA) is 0 Å². The number of halogens is 3. The van der Waals surface area contributed by atoms with Gasteiger partial charge in [-0.3, -0.25) is 0 Å². The molecule has 0 amide bonds. The molecule has 0 saturated heterocycles. The van der Waals surface area contributed by atoms with E-state index in [0.717, 1.165) is 36.7 Å². The van der Waals surface area contributed by atoms with E-state index < -0.39 is 6.43 Å². The average molecular weight is 379 g/mol. The number of aryl methyl sites for hydroxylation is 1. The normalized spacial score (nSPS) is 29.5. The molecule has 2 fully saturated rings. The zero-order valence-corrected chi connectivity index (χ0v) is 16.5. The molecular formula is C24H33F3. The fraction of sp³-hybridized carbons (Fsp3) is 0.667. The lowest BCUT2D eigenvalue weighted by atomic mass is 9.67. The second-order valence-electron chi connectivity index (χ2n) is 8.73. The predicted molar refractivity (Wildman–Crippen MR) is 106 cm³/mol. The third-order valence-electron chi connectivity index (χ3n) is 7.03. The molecule has 0 radical (unpaired) electrons. The van der Waals surface area contributed by atoms with Crippen molar-refractivity contribution < 1.29 is 13.2 Å². The number of benzene rings is 1. The maximum Gasteiger partial charge on any atom is 0.257 e. The van der Waals surface area contributed by atoms with Crippen LogP contribution in [0.15, 0.2) is 30.4 Å². The van der Waals surface area contributed by atoms with Gasteiger partial charge in [0, 0.05) is 0 Å². The van der Waals surface area contributed by atoms with Gasteiger partial charge in [-0.1, -0.05) is 25.0 Å². The van der Waals surface area contributed by atoms with E-state index in [1.165, 1.54) is 62.5 Å². The van der Waals surface area contributed by atoms with Gasteiger partial charge in [-0.05, 0) is 111 Å². The molecule has 2 aliphatic carbocycles. The maximum atomic E-state index is 13.6. The molecule has 0 aromatic heterocycles. The minimum absolute atomic E-state index is 0.112. The molecule has 0 heterocycles. The van der Waals surface area contributed by atoms with Crippen LogP contribution in [0, 0.1) is 30.5 Å². The molecule has 3 rings (SSSR count). The van der Waals surface area contributed by atoms with Crippen LogP contribution in [-0.4, -0.2) is 6.43 Å². The Labute approximate surface area is 162 Å². The van der Waals surface area contributed by atoms with Crippen LogP contribution < -0.4 is 0 Å². The van der Waals surface area contributed by atoms with Crippen molar-refractivity contribution in [3.05, 3.63) is 47.3 Å². The van der Waals surface area contributed by atoms with Gasteiger partial charge < -0.3 is 0 Å². The summed E-state index contributed by atoms with van der Waals surface area (Å²) in [7, 11) is 0. The number of alkyl halides is 2. The minimum Gasteiger partial charge on any atom is -0.207 e. The van der Waals surface area contributed by atoms with Gasteiger partial charge in [0.1, 0.15) is 5.82 Å². The maximum absolute atomic E-state index is 13.6. The van der Waals surface area contributed by atoms with Gasteiger partial charge in [0.25, 0.3) is 6.43 Å². The third kappa shape index (κ3) is 5.86. The molecular weight excluding hydrogens is 345 g/mol. The van der Waals surface area contributed by atoms with Crippen LogP contribution in [0.25, 0.3) is 0 Å². The third-order valence-corrected chi connectivity index (χ3v) is 7.03. The van der Waals surface area contributed by atoms with Crippen LogP contribution in [0.3, 0.4) is 0 Å². The van der Waals surface area contributed by atoms with Gasteiger partial charge in [0.15, 0.2) is 0 Å². The van der Waals surface area contributed by atoms with E-state index in [-0.39, 0.29) is 5.82 Å². The second kappa shape index (κ2) is 9.80. The monoisotopic (exact) mass is 378 g/mol. The summed E-state index contributed by atoms with van der Waals surface area (Å²) in [6.07, 6.45) is 12.2. The first-order valence-electron chi connectivity index (χ1n) is 10.7. The Morgan fingerprint density at radius 2 is 1.59 bits per heavy atom. The Hall–Kier alpha value is -1.25. The predicted octanol–water partition coefficient (Wildman–Crippen LogP) is 7.82. The SMILES string of the molecule is Cc1ccc(F)cc1C1CCC([C@H]2CC[C@H](CC/C=C/C(F)F)CC2)CC1. The Morgan fingerprint density at radius 1 is 0.963 bits per heavy atom. The lowest BCUT2D eigenvalue weighted by Crippen LogP contribution is -2.25. The molecule has 1 aromatic carbocycles. The van der Waals surface area contributed by atoms with Crippen molar-refractivity contribution in [2.24, 2.45) is 17.8 Å². The standard InChI is InChI=1S/C24H33F3/c1-17-6-15-22(25)16-23(17)21-13-11-20(12-14-21)19-9-7-18(8-10-19)4-2-3-5-24(26)27/h3,5-6,15-16,18-21,24H,2,4,7-14H2,1H3/b5-3+/t18-,19-,20?,21?. The molecule has 0 aliphatic heterocycles. The number of rotatable bonds is 6. The van der Waals surface area contributed by atoms with Crippen LogP contribution in [0.2, 0.25) is 0 Å². The Balaban J connectivity index is 1.41. The van der Waals surface area contributed by atoms with Crippen molar-refractivity contribution in [2.45, 2.75) is 83.5 Å². The number of hydrogen-bond donors (Lipinski definition) is 0. The molecule has 0 spiro atoms. The van der Waals surface area contributed by atoms with Gasteiger partial charge in [-0.15, -0.1) is 0 Å². The largest absolute Gasteiger partial charge is 0.257 e. The smallest absolute Gasteiger partial charge is 0.207 e. The molecule has 0 nitrogen and oxygen atoms in total. The summed E-state index contributed by atoms with van der Waals surface area (Å²) in [6.45, 7) is 2.10. The van der Waals surface area contributed by atoms with Crippen molar-refractivity contribution in [2.75, 3.05) is 0 Å². The van der Waals surface area contributed by atoms with Gasteiger partial charge in [0.2, 0.25) is 0 Å². The van der Waals surface area contributed by atoms with Crippen molar-refractivity contribution >= 4 is 0 Å². The summed E-state index contributed by atoms with van der Waals surface area (Å²) < 4.78 is 37.9. The highest BCUT2D eigenvalue weighted by Gasteiger charge is 2.31. The minimum atomic E-state index is -2.31. The van der Waals surface area contributed by atoms with Crippen molar-refractivity contribution in [1.29, 1.82) is 0 Å². The lowest BCUT2D eigenvalue weighted by Gasteiger charge is -2.38. The molecule has 27 heavy (non-hydrogen) atoms. The van der Waals surface area contributed by atoms with E-state index >= 15 is 0 Å². The van der Waals surface area contributed by atoms with E-state index in [1.807, 2.05) is 6.07 Å². The van der Waals surface area contributed by atoms with Crippen molar-refractivity contribution in [3.63, 3.8) is 0 Å². The molecule has 0 bridgehead atoms. The van der Waals surface area contributed by atoms with Gasteiger partial charge in [-0.25, -0.2) is 13.2 Å². The molecule has 2 aliphatic rings. The summed E-state index contributed by atoms with van der Waals surface area (Å²) in [4.78, 5) is 0. The lowest BCUT2D eigenvalue weighted by molar-refractivity contribution is 0.157. The highest BCUT2D eigenvalue weighted by Crippen LogP contribution is 2.45. The summed E-state index contributed by atoms with van der Waals surface area (Å²) in [5.41, 5.74) is 2.44. The van der Waals surface area contributed by atoms with Gasteiger partial charge in [-0.2, -0.15) is 0 Å². The van der Waals surface area contributed by atoms with E-state index in [0.29, 0.717) is 5.92 Å². The molecule has 150 valence electrons. The quantitative estimate of drug-likeness (QED) is 0.443. The zero-order valence-electron chi connectivity index (χ0n) is 16.5. The molecule has 2 saturated carbocycles. The highest BCUT2D eigenvalue weighted by molar-refractivity contribution is 5.30. The highest BCUT2D eigenvalue weighted by atomic mass is 19.3. The van der Waals surface area contributed by atoms with E-state index in [4.69, 9.17) is 0 Å². The first-order valence-corrected chi connectivity index (χ1v) is 10.7. The number of allylic oxidation sites excluding steroid dienone is 2. The van der Waals surface area contributed by atoms with Gasteiger partial charge in [0.05, 0.1) is 0 Å². The summed E-state index contributed by atoms with van der Waals surface area (Å²) in [5.74, 6) is 2.80. The number of hydrogen-bond acceptors (Lipinski definition) is 0. The Kier molecular flexibility index (Phi) is 7.43. The van der Waals surface area contributed by atoms with Crippen LogP contribution >= 0.6 is 0 Å². The fourth-order valence-electron chi connectivity index (χ4n) is 5.43. The fourth-order valence-corrected chi connectivity index (χ4v) is 5.43. The van der Waals surface area contributed by atoms with Gasteiger partial charge >= 0.3 is 0 Å². The van der Waals surface area contributed by atoms with Crippen molar-refractivity contribution in [3.8, 4) is 0 Å². The van der Waals surface area contributed by atoms with Crippen LogP contribution in [0.1, 0.15) is 81.3 Å². The summed E-state index contributed by atoms with van der Waals surface area (Å²) in [5, 5.41) is 0.